The second-order valence-electron chi connectivity index (χ2n) is 9.88. The molecule has 0 aliphatic carbocycles. The molecule has 2 aromatic carbocycles. The first-order chi connectivity index (χ1) is 19.1. The van der Waals surface area contributed by atoms with Gasteiger partial charge in [-0.1, -0.05) is 11.2 Å². The van der Waals surface area contributed by atoms with Crippen molar-refractivity contribution in [3.8, 4) is 0 Å². The molecule has 0 atom stereocenters. The number of nitrogens with one attached hydrogen (secondary N) is 2. The number of piperidine rings is 1. The maximum Gasteiger partial charge on any atom is 0.248 e. The topological polar surface area (TPSA) is 121 Å². The smallest absolute Gasteiger partial charge is 0.248 e. The molecule has 1 amide bonds. The number of nitrogens with zero attached hydrogens (tertiary/aromatic N) is 3. The molecule has 1 aliphatic rings. The zero-order valence-electron chi connectivity index (χ0n) is 22.1. The summed E-state index contributed by atoms with van der Waals surface area (Å²) in [5, 5.41) is 6.73. The van der Waals surface area contributed by atoms with Crippen molar-refractivity contribution in [3.05, 3.63) is 76.4 Å². The standard InChI is InChI=1S/C28H29F2N5O4S/c1-17-3-7-23-24(15-17)33-26(32-23)9-12-31-28(36)20-10-13-35(14-11-20)40(37,38)27-18(2)34-39-25(27)8-5-19-4-6-21(29)16-22(19)30/h3-8,15-16,20H,9-14H2,1-2H3,(H,31,36)(H,32,33)/b8-5+. The fraction of sp³-hybridized carbons (Fsp3) is 0.321. The minimum atomic E-state index is -3.99. The molecular weight excluding hydrogens is 540 g/mol. The van der Waals surface area contributed by atoms with Gasteiger partial charge in [-0.3, -0.25) is 4.79 Å². The van der Waals surface area contributed by atoms with Crippen molar-refractivity contribution < 1.29 is 26.5 Å². The zero-order valence-corrected chi connectivity index (χ0v) is 22.9. The molecule has 2 N–H and O–H groups in total. The van der Waals surface area contributed by atoms with Crippen LogP contribution in [-0.2, 0) is 21.2 Å². The van der Waals surface area contributed by atoms with E-state index in [0.29, 0.717) is 25.8 Å². The van der Waals surface area contributed by atoms with Crippen LogP contribution in [0.15, 0.2) is 45.8 Å². The maximum atomic E-state index is 14.0. The Morgan fingerprint density at radius 1 is 1.15 bits per heavy atom. The van der Waals surface area contributed by atoms with Gasteiger partial charge in [-0.05, 0) is 68.7 Å². The van der Waals surface area contributed by atoms with Gasteiger partial charge in [0.1, 0.15) is 23.2 Å². The van der Waals surface area contributed by atoms with Crippen LogP contribution in [0.2, 0.25) is 0 Å². The molecule has 3 heterocycles. The third kappa shape index (κ3) is 5.82. The number of sulfonamides is 1. The molecular formula is C28H29F2N5O4S. The Labute approximate surface area is 230 Å². The first-order valence-electron chi connectivity index (χ1n) is 12.9. The normalized spacial score (nSPS) is 15.3. The van der Waals surface area contributed by atoms with Crippen molar-refractivity contribution in [3.63, 3.8) is 0 Å². The lowest BCUT2D eigenvalue weighted by molar-refractivity contribution is -0.126. The van der Waals surface area contributed by atoms with Crippen molar-refractivity contribution in [2.45, 2.75) is 38.0 Å². The largest absolute Gasteiger partial charge is 0.355 e. The van der Waals surface area contributed by atoms with Crippen LogP contribution in [0.4, 0.5) is 8.78 Å². The molecule has 0 unspecified atom stereocenters. The van der Waals surface area contributed by atoms with Crippen LogP contribution in [0.1, 0.15) is 41.2 Å². The fourth-order valence-electron chi connectivity index (χ4n) is 4.83. The van der Waals surface area contributed by atoms with E-state index < -0.39 is 21.7 Å². The van der Waals surface area contributed by atoms with Gasteiger partial charge < -0.3 is 14.8 Å². The van der Waals surface area contributed by atoms with Crippen molar-refractivity contribution in [2.24, 2.45) is 5.92 Å². The molecule has 1 saturated heterocycles. The van der Waals surface area contributed by atoms with Crippen LogP contribution >= 0.6 is 0 Å². The maximum absolute atomic E-state index is 14.0. The Bertz CT molecular complexity index is 1690. The minimum absolute atomic E-state index is 0.0539. The number of carbonyl (C=O) groups is 1. The molecule has 1 aliphatic heterocycles. The summed E-state index contributed by atoms with van der Waals surface area (Å²) in [7, 11) is -3.99. The monoisotopic (exact) mass is 569 g/mol. The highest BCUT2D eigenvalue weighted by Crippen LogP contribution is 2.29. The summed E-state index contributed by atoms with van der Waals surface area (Å²) < 4.78 is 60.7. The molecule has 0 bridgehead atoms. The molecule has 40 heavy (non-hydrogen) atoms. The number of halogens is 2. The number of aromatic nitrogens is 3. The van der Waals surface area contributed by atoms with Gasteiger partial charge in [0.2, 0.25) is 15.9 Å². The van der Waals surface area contributed by atoms with Gasteiger partial charge in [-0.25, -0.2) is 22.2 Å². The van der Waals surface area contributed by atoms with Crippen LogP contribution in [0.5, 0.6) is 0 Å². The molecule has 0 saturated carbocycles. The summed E-state index contributed by atoms with van der Waals surface area (Å²) >= 11 is 0. The lowest BCUT2D eigenvalue weighted by Gasteiger charge is -2.30. The van der Waals surface area contributed by atoms with Gasteiger partial charge in [0.25, 0.3) is 0 Å². The summed E-state index contributed by atoms with van der Waals surface area (Å²) in [6.07, 6.45) is 3.89. The molecule has 1 fully saturated rings. The predicted octanol–water partition coefficient (Wildman–Crippen LogP) is 4.38. The van der Waals surface area contributed by atoms with Gasteiger partial charge in [0, 0.05) is 43.6 Å². The number of hydrogen-bond acceptors (Lipinski definition) is 6. The Hall–Kier alpha value is -3.90. The lowest BCUT2D eigenvalue weighted by atomic mass is 9.97. The molecule has 2 aromatic heterocycles. The number of aryl methyl sites for hydroxylation is 2. The quantitative estimate of drug-likeness (QED) is 0.325. The van der Waals surface area contributed by atoms with E-state index in [4.69, 9.17) is 4.52 Å². The van der Waals surface area contributed by atoms with E-state index in [1.54, 1.807) is 0 Å². The van der Waals surface area contributed by atoms with Crippen molar-refractivity contribution >= 4 is 39.1 Å². The van der Waals surface area contributed by atoms with E-state index in [1.807, 2.05) is 25.1 Å². The predicted molar refractivity (Wildman–Crippen MR) is 146 cm³/mol. The highest BCUT2D eigenvalue weighted by Gasteiger charge is 2.35. The highest BCUT2D eigenvalue weighted by atomic mass is 32.2. The summed E-state index contributed by atoms with van der Waals surface area (Å²) in [5.74, 6) is -1.19. The first kappa shape index (κ1) is 27.7. The molecule has 210 valence electrons. The number of imidazole rings is 1. The van der Waals surface area contributed by atoms with E-state index >= 15 is 0 Å². The Morgan fingerprint density at radius 2 is 1.93 bits per heavy atom. The number of fused-ring (bicyclic) bond motifs is 1. The third-order valence-corrected chi connectivity index (χ3v) is 9.04. The van der Waals surface area contributed by atoms with Crippen LogP contribution < -0.4 is 5.32 Å². The van der Waals surface area contributed by atoms with E-state index in [1.165, 1.54) is 29.4 Å². The van der Waals surface area contributed by atoms with E-state index in [9.17, 15) is 22.0 Å². The SMILES string of the molecule is Cc1ccc2nc(CCNC(=O)C3CCN(S(=O)(=O)c4c(C)noc4/C=C/c4ccc(F)cc4F)CC3)[nH]c2c1. The second-order valence-corrected chi connectivity index (χ2v) is 11.8. The summed E-state index contributed by atoms with van der Waals surface area (Å²) in [5.41, 5.74) is 3.21. The summed E-state index contributed by atoms with van der Waals surface area (Å²) in [6, 6.07) is 9.06. The molecule has 5 rings (SSSR count). The number of amides is 1. The third-order valence-electron chi connectivity index (χ3n) is 6.98. The van der Waals surface area contributed by atoms with Gasteiger partial charge in [0.15, 0.2) is 10.7 Å². The number of hydrogen-bond donors (Lipinski definition) is 2. The average Bonchev–Trinajstić information content (AvgIpc) is 3.50. The number of aromatic amines is 1. The average molecular weight is 570 g/mol. The molecule has 0 spiro atoms. The van der Waals surface area contributed by atoms with Gasteiger partial charge in [-0.2, -0.15) is 4.31 Å². The lowest BCUT2D eigenvalue weighted by Crippen LogP contribution is -2.43. The van der Waals surface area contributed by atoms with Crippen LogP contribution in [0, 0.1) is 31.4 Å². The van der Waals surface area contributed by atoms with Crippen LogP contribution in [-0.4, -0.2) is 53.4 Å². The van der Waals surface area contributed by atoms with Crippen molar-refractivity contribution in [2.75, 3.05) is 19.6 Å². The molecule has 4 aromatic rings. The summed E-state index contributed by atoms with van der Waals surface area (Å²) in [4.78, 5) is 20.5. The molecule has 12 heteroatoms. The number of H-pyrrole nitrogens is 1. The summed E-state index contributed by atoms with van der Waals surface area (Å²) in [6.45, 7) is 4.25. The molecule has 9 nitrogen and oxygen atoms in total. The van der Waals surface area contributed by atoms with Crippen molar-refractivity contribution in [1.29, 1.82) is 0 Å². The van der Waals surface area contributed by atoms with Crippen LogP contribution in [0.25, 0.3) is 23.2 Å². The second kappa shape index (κ2) is 11.3. The van der Waals surface area contributed by atoms with E-state index in [2.05, 4.69) is 20.4 Å². The Balaban J connectivity index is 1.18. The van der Waals surface area contributed by atoms with Crippen molar-refractivity contribution in [1.82, 2.24) is 24.7 Å². The van der Waals surface area contributed by atoms with E-state index in [-0.39, 0.29) is 46.8 Å². The van der Waals surface area contributed by atoms with Gasteiger partial charge in [0.05, 0.1) is 11.0 Å². The fourth-order valence-corrected chi connectivity index (χ4v) is 6.55. The first-order valence-corrected chi connectivity index (χ1v) is 14.4. The Kier molecular flexibility index (Phi) is 7.81. The number of rotatable bonds is 8. The Morgan fingerprint density at radius 3 is 2.67 bits per heavy atom. The number of benzene rings is 2. The minimum Gasteiger partial charge on any atom is -0.355 e. The highest BCUT2D eigenvalue weighted by molar-refractivity contribution is 7.89. The van der Waals surface area contributed by atoms with Gasteiger partial charge >= 0.3 is 0 Å². The molecule has 0 radical (unpaired) electrons. The number of carbonyl (C=O) groups excluding carboxylic acids is 1. The van der Waals surface area contributed by atoms with Crippen LogP contribution in [0.3, 0.4) is 0 Å². The zero-order chi connectivity index (χ0) is 28.4. The van der Waals surface area contributed by atoms with Gasteiger partial charge in [-0.15, -0.1) is 0 Å². The van der Waals surface area contributed by atoms with E-state index in [0.717, 1.165) is 34.6 Å².